The van der Waals surface area contributed by atoms with E-state index < -0.39 is 29.9 Å². The van der Waals surface area contributed by atoms with Crippen molar-refractivity contribution in [1.82, 2.24) is 21.3 Å². The number of carboxylic acid groups (broad SMARTS) is 1. The highest BCUT2D eigenvalue weighted by Crippen LogP contribution is 2.06. The number of amides is 3. The van der Waals surface area contributed by atoms with Gasteiger partial charge < -0.3 is 26.4 Å². The fraction of sp³-hybridized carbons (Fsp3) is 0.750. The molecular formula is C16H28N4O5S. The topological polar surface area (TPSA) is 137 Å². The van der Waals surface area contributed by atoms with Crippen LogP contribution in [-0.4, -0.2) is 65.8 Å². The molecule has 0 spiro atoms. The van der Waals surface area contributed by atoms with Crippen LogP contribution in [0.4, 0.5) is 0 Å². The van der Waals surface area contributed by atoms with Gasteiger partial charge in [-0.15, -0.1) is 0 Å². The molecule has 1 saturated heterocycles. The first-order valence-electron chi connectivity index (χ1n) is 8.69. The number of hydrogen-bond acceptors (Lipinski definition) is 6. The van der Waals surface area contributed by atoms with Gasteiger partial charge in [0.05, 0.1) is 12.6 Å². The molecule has 3 unspecified atom stereocenters. The molecule has 0 aliphatic carbocycles. The van der Waals surface area contributed by atoms with E-state index in [2.05, 4.69) is 33.9 Å². The van der Waals surface area contributed by atoms with Gasteiger partial charge in [-0.3, -0.25) is 14.4 Å². The largest absolute Gasteiger partial charge is 0.480 e. The van der Waals surface area contributed by atoms with E-state index in [1.807, 2.05) is 13.8 Å². The Kier molecular flexibility index (Phi) is 9.42. The van der Waals surface area contributed by atoms with Gasteiger partial charge in [-0.05, 0) is 31.7 Å². The molecule has 10 heteroatoms. The molecular weight excluding hydrogens is 360 g/mol. The molecule has 148 valence electrons. The molecule has 26 heavy (non-hydrogen) atoms. The Labute approximate surface area is 158 Å². The van der Waals surface area contributed by atoms with E-state index >= 15 is 0 Å². The number of carbonyl (C=O) groups is 4. The highest BCUT2D eigenvalue weighted by molar-refractivity contribution is 7.80. The van der Waals surface area contributed by atoms with Crippen LogP contribution in [0.3, 0.4) is 0 Å². The van der Waals surface area contributed by atoms with Crippen molar-refractivity contribution < 1.29 is 24.3 Å². The van der Waals surface area contributed by atoms with Crippen molar-refractivity contribution in [3.8, 4) is 0 Å². The van der Waals surface area contributed by atoms with Crippen LogP contribution in [-0.2, 0) is 19.2 Å². The van der Waals surface area contributed by atoms with Crippen LogP contribution < -0.4 is 21.3 Å². The molecule has 1 rings (SSSR count). The molecule has 3 amide bonds. The molecule has 0 saturated carbocycles. The first-order valence-corrected chi connectivity index (χ1v) is 9.32. The van der Waals surface area contributed by atoms with Gasteiger partial charge in [0.15, 0.2) is 0 Å². The van der Waals surface area contributed by atoms with Gasteiger partial charge in [-0.25, -0.2) is 4.79 Å². The van der Waals surface area contributed by atoms with Gasteiger partial charge >= 0.3 is 5.97 Å². The molecule has 0 radical (unpaired) electrons. The van der Waals surface area contributed by atoms with E-state index in [0.29, 0.717) is 0 Å². The summed E-state index contributed by atoms with van der Waals surface area (Å²) in [5.74, 6) is -2.46. The van der Waals surface area contributed by atoms with Crippen molar-refractivity contribution >= 4 is 36.3 Å². The van der Waals surface area contributed by atoms with E-state index in [0.717, 1.165) is 19.4 Å². The Hall–Kier alpha value is -1.81. The van der Waals surface area contributed by atoms with Gasteiger partial charge in [-0.1, -0.05) is 13.8 Å². The van der Waals surface area contributed by atoms with Gasteiger partial charge in [0.2, 0.25) is 17.7 Å². The second-order valence-electron chi connectivity index (χ2n) is 6.70. The molecule has 5 N–H and O–H groups in total. The number of hydrogen-bond donors (Lipinski definition) is 6. The highest BCUT2D eigenvalue weighted by atomic mass is 32.1. The lowest BCUT2D eigenvalue weighted by Crippen LogP contribution is -2.54. The first kappa shape index (κ1) is 22.2. The number of thiol groups is 1. The first-order chi connectivity index (χ1) is 12.2. The third-order valence-electron chi connectivity index (χ3n) is 3.96. The average Bonchev–Trinajstić information content (AvgIpc) is 3.10. The molecule has 1 heterocycles. The predicted octanol–water partition coefficient (Wildman–Crippen LogP) is -1.12. The molecule has 1 fully saturated rings. The van der Waals surface area contributed by atoms with Crippen molar-refractivity contribution in [2.75, 3.05) is 18.8 Å². The van der Waals surface area contributed by atoms with E-state index in [4.69, 9.17) is 0 Å². The van der Waals surface area contributed by atoms with Crippen LogP contribution in [0.1, 0.15) is 33.1 Å². The smallest absolute Gasteiger partial charge is 0.326 e. The molecule has 1 aliphatic heterocycles. The Balaban J connectivity index is 2.47. The van der Waals surface area contributed by atoms with E-state index in [-0.39, 0.29) is 36.6 Å². The average molecular weight is 388 g/mol. The van der Waals surface area contributed by atoms with Gasteiger partial charge in [0.1, 0.15) is 12.1 Å². The Bertz CT molecular complexity index is 523. The van der Waals surface area contributed by atoms with Crippen LogP contribution in [0.5, 0.6) is 0 Å². The van der Waals surface area contributed by atoms with Crippen LogP contribution in [0.2, 0.25) is 0 Å². The number of nitrogens with one attached hydrogen (secondary N) is 4. The standard InChI is InChI=1S/C16H28N4O5S/c1-9(2)6-11(16(24)25)20-15(23)12(8-26)19-13(21)7-18-14(22)10-4-3-5-17-10/h9-12,17,26H,3-8H2,1-2H3,(H,18,22)(H,19,21)(H,20,23)(H,24,25). The summed E-state index contributed by atoms with van der Waals surface area (Å²) < 4.78 is 0. The minimum absolute atomic E-state index is 0.00369. The van der Waals surface area contributed by atoms with Crippen molar-refractivity contribution in [2.45, 2.75) is 51.2 Å². The zero-order valence-corrected chi connectivity index (χ0v) is 16.0. The normalized spacial score (nSPS) is 18.8. The second kappa shape index (κ2) is 11.0. The lowest BCUT2D eigenvalue weighted by Gasteiger charge is -2.21. The van der Waals surface area contributed by atoms with Crippen LogP contribution in [0, 0.1) is 5.92 Å². The SMILES string of the molecule is CC(C)CC(NC(=O)C(CS)NC(=O)CNC(=O)C1CCCN1)C(=O)O. The zero-order chi connectivity index (χ0) is 19.7. The van der Waals surface area contributed by atoms with Crippen LogP contribution in [0.15, 0.2) is 0 Å². The number of rotatable bonds is 10. The fourth-order valence-electron chi connectivity index (χ4n) is 2.60. The highest BCUT2D eigenvalue weighted by Gasteiger charge is 2.27. The quantitative estimate of drug-likeness (QED) is 0.263. The fourth-order valence-corrected chi connectivity index (χ4v) is 2.86. The summed E-state index contributed by atoms with van der Waals surface area (Å²) >= 11 is 4.03. The number of carboxylic acids is 1. The number of aliphatic carboxylic acids is 1. The molecule has 9 nitrogen and oxygen atoms in total. The van der Waals surface area contributed by atoms with Gasteiger partial charge in [0, 0.05) is 5.75 Å². The second-order valence-corrected chi connectivity index (χ2v) is 7.06. The Morgan fingerprint density at radius 3 is 2.38 bits per heavy atom. The van der Waals surface area contributed by atoms with Gasteiger partial charge in [-0.2, -0.15) is 12.6 Å². The summed E-state index contributed by atoms with van der Waals surface area (Å²) in [6, 6.07) is -2.31. The van der Waals surface area contributed by atoms with E-state index in [1.54, 1.807) is 0 Å². The summed E-state index contributed by atoms with van der Waals surface area (Å²) in [4.78, 5) is 47.3. The maximum Gasteiger partial charge on any atom is 0.326 e. The molecule has 0 bridgehead atoms. The predicted molar refractivity (Wildman–Crippen MR) is 98.8 cm³/mol. The maximum absolute atomic E-state index is 12.2. The van der Waals surface area contributed by atoms with Gasteiger partial charge in [0.25, 0.3) is 0 Å². The molecule has 0 aromatic rings. The molecule has 0 aromatic heterocycles. The van der Waals surface area contributed by atoms with E-state index in [1.165, 1.54) is 0 Å². The zero-order valence-electron chi connectivity index (χ0n) is 15.1. The molecule has 1 aliphatic rings. The maximum atomic E-state index is 12.2. The van der Waals surface area contributed by atoms with Crippen LogP contribution in [0.25, 0.3) is 0 Å². The van der Waals surface area contributed by atoms with Crippen LogP contribution >= 0.6 is 12.6 Å². The van der Waals surface area contributed by atoms with E-state index in [9.17, 15) is 24.3 Å². The van der Waals surface area contributed by atoms with Crippen molar-refractivity contribution in [1.29, 1.82) is 0 Å². The summed E-state index contributed by atoms with van der Waals surface area (Å²) in [5.41, 5.74) is 0. The monoisotopic (exact) mass is 388 g/mol. The van der Waals surface area contributed by atoms with Crippen molar-refractivity contribution in [3.05, 3.63) is 0 Å². The molecule has 3 atom stereocenters. The Morgan fingerprint density at radius 1 is 1.19 bits per heavy atom. The summed E-state index contributed by atoms with van der Waals surface area (Å²) in [6.07, 6.45) is 1.91. The minimum atomic E-state index is -1.13. The summed E-state index contributed by atoms with van der Waals surface area (Å²) in [7, 11) is 0. The third kappa shape index (κ3) is 7.61. The summed E-state index contributed by atoms with van der Waals surface area (Å²) in [5, 5.41) is 19.6. The number of carbonyl (C=O) groups excluding carboxylic acids is 3. The third-order valence-corrected chi connectivity index (χ3v) is 4.32. The lowest BCUT2D eigenvalue weighted by atomic mass is 10.0. The van der Waals surface area contributed by atoms with Crippen molar-refractivity contribution in [3.63, 3.8) is 0 Å². The van der Waals surface area contributed by atoms with Crippen molar-refractivity contribution in [2.24, 2.45) is 5.92 Å². The molecule has 0 aromatic carbocycles. The summed E-state index contributed by atoms with van der Waals surface area (Å²) in [6.45, 7) is 4.21. The lowest BCUT2D eigenvalue weighted by molar-refractivity contribution is -0.142. The Morgan fingerprint density at radius 2 is 1.88 bits per heavy atom. The minimum Gasteiger partial charge on any atom is -0.480 e.